The Morgan fingerprint density at radius 1 is 1.36 bits per heavy atom. The molecular formula is C13H18N3O6+. The molecule has 1 heterocycles. The van der Waals surface area contributed by atoms with Gasteiger partial charge in [-0.2, -0.15) is 0 Å². The van der Waals surface area contributed by atoms with Crippen molar-refractivity contribution in [1.29, 1.82) is 0 Å². The average Bonchev–Trinajstić information content (AvgIpc) is 2.50. The van der Waals surface area contributed by atoms with Gasteiger partial charge in [-0.25, -0.2) is 9.79 Å². The van der Waals surface area contributed by atoms with Crippen molar-refractivity contribution in [1.82, 2.24) is 5.10 Å². The van der Waals surface area contributed by atoms with Crippen LogP contribution in [0.15, 0.2) is 11.2 Å². The van der Waals surface area contributed by atoms with Gasteiger partial charge in [0, 0.05) is 12.0 Å². The van der Waals surface area contributed by atoms with Crippen molar-refractivity contribution >= 4 is 23.8 Å². The molecule has 0 aromatic carbocycles. The number of H-pyrrole nitrogens is 1. The summed E-state index contributed by atoms with van der Waals surface area (Å²) in [4.78, 5) is 38.8. The lowest BCUT2D eigenvalue weighted by Crippen LogP contribution is -2.24. The molecule has 9 nitrogen and oxygen atoms in total. The number of ether oxygens (including phenoxy) is 3. The third-order valence-corrected chi connectivity index (χ3v) is 2.52. The van der Waals surface area contributed by atoms with Gasteiger partial charge in [0.15, 0.2) is 12.1 Å². The smallest absolute Gasteiger partial charge is 0.476 e. The van der Waals surface area contributed by atoms with E-state index in [4.69, 9.17) is 9.47 Å². The summed E-state index contributed by atoms with van der Waals surface area (Å²) in [5, 5.41) is 2.34. The molecule has 0 aliphatic carbocycles. The summed E-state index contributed by atoms with van der Waals surface area (Å²) >= 11 is 0. The Morgan fingerprint density at radius 3 is 2.68 bits per heavy atom. The quantitative estimate of drug-likeness (QED) is 0.243. The topological polar surface area (TPSA) is 113 Å². The van der Waals surface area contributed by atoms with Crippen molar-refractivity contribution in [3.8, 4) is 5.88 Å². The molecule has 1 aromatic heterocycles. The first-order valence-corrected chi connectivity index (χ1v) is 6.60. The van der Waals surface area contributed by atoms with Crippen molar-refractivity contribution in [2.75, 3.05) is 20.3 Å². The van der Waals surface area contributed by atoms with Gasteiger partial charge in [0.1, 0.15) is 0 Å². The van der Waals surface area contributed by atoms with Gasteiger partial charge in [-0.3, -0.25) is 4.79 Å². The van der Waals surface area contributed by atoms with E-state index in [9.17, 15) is 14.5 Å². The molecule has 0 radical (unpaired) electrons. The molecule has 22 heavy (non-hydrogen) atoms. The monoisotopic (exact) mass is 312 g/mol. The lowest BCUT2D eigenvalue weighted by molar-refractivity contribution is -0.571. The number of nitrogens with zero attached hydrogens (tertiary/aromatic N) is 2. The van der Waals surface area contributed by atoms with Gasteiger partial charge in [0.2, 0.25) is 10.3 Å². The number of nitrogens with one attached hydrogen (secondary N) is 1. The highest BCUT2D eigenvalue weighted by atomic mass is 16.5. The Hall–Kier alpha value is -2.71. The summed E-state index contributed by atoms with van der Waals surface area (Å²) < 4.78 is 14.9. The van der Waals surface area contributed by atoms with E-state index in [-0.39, 0.29) is 24.6 Å². The van der Waals surface area contributed by atoms with E-state index in [1.165, 1.54) is 13.3 Å². The Morgan fingerprint density at radius 2 is 2.09 bits per heavy atom. The first-order chi connectivity index (χ1) is 10.5. The van der Waals surface area contributed by atoms with Gasteiger partial charge in [-0.05, 0) is 13.8 Å². The summed E-state index contributed by atoms with van der Waals surface area (Å²) in [6.45, 7) is 3.85. The summed E-state index contributed by atoms with van der Waals surface area (Å²) in [5.41, 5.74) is 0.403. The number of aliphatic imine (C=N–C) groups is 1. The number of ketones is 1. The van der Waals surface area contributed by atoms with Gasteiger partial charge >= 0.3 is 11.8 Å². The second-order valence-electron chi connectivity index (χ2n) is 3.96. The number of esters is 1. The van der Waals surface area contributed by atoms with Crippen LogP contribution in [-0.2, 0) is 25.5 Å². The number of methoxy groups -OCH3 is 1. The maximum atomic E-state index is 11.8. The molecule has 0 bridgehead atoms. The Bertz CT molecular complexity index is 623. The fourth-order valence-electron chi connectivity index (χ4n) is 1.57. The van der Waals surface area contributed by atoms with Gasteiger partial charge in [-0.1, -0.05) is 0 Å². The number of rotatable bonds is 8. The zero-order valence-corrected chi connectivity index (χ0v) is 12.6. The molecule has 1 rings (SSSR count). The standard InChI is InChI=1S/C13H18N3O6/c1-4-21-8-14-11-9(6-10(17)13(18)22-5-2)7-15-16(19)12(11)20-3/h7-8H,4-6H2,1-3H3,(H,15,19)/q+1. The van der Waals surface area contributed by atoms with Crippen molar-refractivity contribution in [3.05, 3.63) is 16.7 Å². The first kappa shape index (κ1) is 17.3. The van der Waals surface area contributed by atoms with E-state index in [2.05, 4.69) is 14.8 Å². The highest BCUT2D eigenvalue weighted by molar-refractivity contribution is 6.34. The third kappa shape index (κ3) is 4.40. The van der Waals surface area contributed by atoms with Gasteiger partial charge in [0.25, 0.3) is 0 Å². The van der Waals surface area contributed by atoms with E-state index >= 15 is 0 Å². The largest absolute Gasteiger partial charge is 0.483 e. The van der Waals surface area contributed by atoms with E-state index in [1.54, 1.807) is 13.8 Å². The molecule has 0 spiro atoms. The van der Waals surface area contributed by atoms with Crippen molar-refractivity contribution in [3.63, 3.8) is 0 Å². The van der Waals surface area contributed by atoms with E-state index < -0.39 is 11.8 Å². The molecule has 0 saturated carbocycles. The lowest BCUT2D eigenvalue weighted by atomic mass is 10.1. The first-order valence-electron chi connectivity index (χ1n) is 6.60. The molecule has 1 aromatic rings. The van der Waals surface area contributed by atoms with Gasteiger partial charge in [0.05, 0.1) is 31.4 Å². The fourth-order valence-corrected chi connectivity index (χ4v) is 1.57. The minimum absolute atomic E-state index is 0.0994. The number of carbonyl (C=O) groups is 2. The number of hydrogen-bond acceptors (Lipinski definition) is 7. The molecule has 1 N–H and O–H groups in total. The molecule has 0 saturated heterocycles. The summed E-state index contributed by atoms with van der Waals surface area (Å²) in [6, 6.07) is 0. The predicted octanol–water partition coefficient (Wildman–Crippen LogP) is 0.309. The number of Topliss-reactive ketones (excluding diaryl/α,β-unsaturated/α-hetero) is 1. The van der Waals surface area contributed by atoms with Crippen LogP contribution >= 0.6 is 0 Å². The minimum atomic E-state index is -0.944. The lowest BCUT2D eigenvalue weighted by Gasteiger charge is -2.04. The van der Waals surface area contributed by atoms with Crippen LogP contribution in [0.1, 0.15) is 19.4 Å². The van der Waals surface area contributed by atoms with Crippen LogP contribution < -0.4 is 9.28 Å². The highest BCUT2D eigenvalue weighted by Crippen LogP contribution is 2.26. The Kier molecular flexibility index (Phi) is 6.74. The molecule has 9 heteroatoms. The molecule has 0 atom stereocenters. The number of aromatic amines is 1. The van der Waals surface area contributed by atoms with Crippen LogP contribution in [0.5, 0.6) is 5.88 Å². The van der Waals surface area contributed by atoms with Gasteiger partial charge in [-0.15, -0.1) is 5.10 Å². The van der Waals surface area contributed by atoms with Crippen molar-refractivity contribution in [2.24, 2.45) is 4.99 Å². The molecular weight excluding hydrogens is 294 g/mol. The fraction of sp³-hybridized carbons (Fsp3) is 0.462. The number of carbonyl (C=O) groups excluding carboxylic acids is 2. The van der Waals surface area contributed by atoms with Crippen LogP contribution in [-0.4, -0.2) is 43.6 Å². The second kappa shape index (κ2) is 8.55. The van der Waals surface area contributed by atoms with Gasteiger partial charge < -0.3 is 14.2 Å². The van der Waals surface area contributed by atoms with Crippen molar-refractivity contribution < 1.29 is 28.3 Å². The second-order valence-corrected chi connectivity index (χ2v) is 3.96. The van der Waals surface area contributed by atoms with Crippen LogP contribution in [0.2, 0.25) is 0 Å². The predicted molar refractivity (Wildman–Crippen MR) is 75.8 cm³/mol. The highest BCUT2D eigenvalue weighted by Gasteiger charge is 2.25. The molecule has 0 aliphatic rings. The summed E-state index contributed by atoms with van der Waals surface area (Å²) in [7, 11) is 1.29. The zero-order valence-electron chi connectivity index (χ0n) is 12.6. The van der Waals surface area contributed by atoms with Crippen molar-refractivity contribution in [2.45, 2.75) is 20.3 Å². The van der Waals surface area contributed by atoms with Crippen LogP contribution in [0, 0.1) is 4.91 Å². The van der Waals surface area contributed by atoms with Crippen LogP contribution in [0.3, 0.4) is 0 Å². The average molecular weight is 312 g/mol. The minimum Gasteiger partial charge on any atom is -0.483 e. The molecule has 0 unspecified atom stereocenters. The zero-order chi connectivity index (χ0) is 16.5. The van der Waals surface area contributed by atoms with Crippen LogP contribution in [0.25, 0.3) is 0 Å². The van der Waals surface area contributed by atoms with Crippen LogP contribution in [0.4, 0.5) is 5.69 Å². The number of aromatic nitrogens is 2. The molecule has 0 amide bonds. The Balaban J connectivity index is 3.15. The molecule has 120 valence electrons. The normalized spacial score (nSPS) is 10.5. The number of hydrogen-bond donors (Lipinski definition) is 1. The maximum Gasteiger partial charge on any atom is 0.476 e. The van der Waals surface area contributed by atoms with E-state index in [0.29, 0.717) is 16.7 Å². The summed E-state index contributed by atoms with van der Waals surface area (Å²) in [6.07, 6.45) is 2.12. The summed E-state index contributed by atoms with van der Waals surface area (Å²) in [5.74, 6) is -1.85. The molecule has 0 fully saturated rings. The molecule has 0 aliphatic heterocycles. The third-order valence-electron chi connectivity index (χ3n) is 2.52. The maximum absolute atomic E-state index is 11.8. The van der Waals surface area contributed by atoms with E-state index in [0.717, 1.165) is 6.40 Å². The van der Waals surface area contributed by atoms with E-state index in [1.807, 2.05) is 0 Å². The SMILES string of the molecule is CCOC=Nc1c(CC(=O)C(=O)OCC)c[nH][n+](=O)c1OC. The Labute approximate surface area is 126 Å².